The number of amides is 1. The summed E-state index contributed by atoms with van der Waals surface area (Å²) in [6.07, 6.45) is 4.56. The van der Waals surface area contributed by atoms with Crippen molar-refractivity contribution in [2.75, 3.05) is 6.54 Å². The predicted octanol–water partition coefficient (Wildman–Crippen LogP) is 2.62. The first-order valence-electron chi connectivity index (χ1n) is 7.42. The number of carbonyl (C=O) groups is 1. The normalized spacial score (nSPS) is 17.6. The van der Waals surface area contributed by atoms with Gasteiger partial charge in [0.25, 0.3) is 0 Å². The summed E-state index contributed by atoms with van der Waals surface area (Å²) < 4.78 is 0. The van der Waals surface area contributed by atoms with Crippen molar-refractivity contribution in [1.82, 2.24) is 10.3 Å². The average Bonchev–Trinajstić information content (AvgIpc) is 2.98. The van der Waals surface area contributed by atoms with Crippen LogP contribution < -0.4 is 5.32 Å². The van der Waals surface area contributed by atoms with E-state index >= 15 is 0 Å². The number of carbonyl (C=O) groups excluding carboxylic acids is 1. The van der Waals surface area contributed by atoms with E-state index in [1.165, 1.54) is 0 Å². The van der Waals surface area contributed by atoms with Gasteiger partial charge in [0.2, 0.25) is 5.91 Å². The number of nitrogens with one attached hydrogen (secondary N) is 1. The summed E-state index contributed by atoms with van der Waals surface area (Å²) in [7, 11) is 0. The van der Waals surface area contributed by atoms with Crippen molar-refractivity contribution >= 4 is 17.2 Å². The van der Waals surface area contributed by atoms with Gasteiger partial charge < -0.3 is 10.4 Å². The molecule has 1 aliphatic carbocycles. The van der Waals surface area contributed by atoms with E-state index in [9.17, 15) is 9.90 Å². The van der Waals surface area contributed by atoms with E-state index in [0.29, 0.717) is 12.5 Å². The molecule has 2 rings (SSSR count). The second-order valence-electron chi connectivity index (χ2n) is 6.04. The van der Waals surface area contributed by atoms with Crippen LogP contribution in [0, 0.1) is 0 Å². The Morgan fingerprint density at radius 1 is 1.50 bits per heavy atom. The lowest BCUT2D eigenvalue weighted by Crippen LogP contribution is -2.35. The molecule has 112 valence electrons. The topological polar surface area (TPSA) is 62.2 Å². The highest BCUT2D eigenvalue weighted by Gasteiger charge is 2.33. The molecular formula is C15H24N2O2S. The Balaban J connectivity index is 1.70. The van der Waals surface area contributed by atoms with Crippen LogP contribution in [0.5, 0.6) is 0 Å². The molecule has 2 N–H and O–H groups in total. The average molecular weight is 296 g/mol. The number of rotatable bonds is 6. The van der Waals surface area contributed by atoms with Crippen LogP contribution in [0.2, 0.25) is 0 Å². The van der Waals surface area contributed by atoms with Crippen LogP contribution >= 0.6 is 11.3 Å². The van der Waals surface area contributed by atoms with Gasteiger partial charge in [-0.1, -0.05) is 26.7 Å². The van der Waals surface area contributed by atoms with E-state index in [0.717, 1.165) is 42.8 Å². The summed E-state index contributed by atoms with van der Waals surface area (Å²) in [5, 5.41) is 16.3. The van der Waals surface area contributed by atoms with Crippen LogP contribution in [0.3, 0.4) is 0 Å². The Bertz CT molecular complexity index is 450. The lowest BCUT2D eigenvalue weighted by molar-refractivity contribution is -0.125. The first kappa shape index (κ1) is 15.4. The third-order valence-electron chi connectivity index (χ3n) is 3.79. The van der Waals surface area contributed by atoms with Crippen molar-refractivity contribution in [2.24, 2.45) is 0 Å². The maximum Gasteiger partial charge on any atom is 0.222 e. The molecular weight excluding hydrogens is 272 g/mol. The van der Waals surface area contributed by atoms with Crippen molar-refractivity contribution in [3.63, 3.8) is 0 Å². The van der Waals surface area contributed by atoms with Gasteiger partial charge in [-0.05, 0) is 12.8 Å². The molecule has 0 spiro atoms. The van der Waals surface area contributed by atoms with Gasteiger partial charge in [-0.25, -0.2) is 4.98 Å². The van der Waals surface area contributed by atoms with E-state index in [2.05, 4.69) is 29.5 Å². The minimum Gasteiger partial charge on any atom is -0.389 e. The summed E-state index contributed by atoms with van der Waals surface area (Å²) in [5.74, 6) is 0.411. The molecule has 1 saturated carbocycles. The molecule has 5 heteroatoms. The molecule has 4 nitrogen and oxygen atoms in total. The van der Waals surface area contributed by atoms with Gasteiger partial charge in [-0.15, -0.1) is 11.3 Å². The van der Waals surface area contributed by atoms with Crippen LogP contribution in [0.15, 0.2) is 5.38 Å². The van der Waals surface area contributed by atoms with Gasteiger partial charge in [0.05, 0.1) is 22.7 Å². The number of thiazole rings is 1. The molecule has 0 bridgehead atoms. The first-order valence-corrected chi connectivity index (χ1v) is 8.30. The highest BCUT2D eigenvalue weighted by atomic mass is 32.1. The zero-order chi connectivity index (χ0) is 14.6. The molecule has 1 heterocycles. The summed E-state index contributed by atoms with van der Waals surface area (Å²) >= 11 is 1.68. The smallest absolute Gasteiger partial charge is 0.222 e. The standard InChI is InChI=1S/C15H24N2O2S/c1-11(2)14-17-12(10-20-14)5-8-16-13(18)9-15(19)6-3-4-7-15/h10-11,19H,3-9H2,1-2H3,(H,16,18). The van der Waals surface area contributed by atoms with E-state index in [1.807, 2.05) is 0 Å². The van der Waals surface area contributed by atoms with E-state index in [1.54, 1.807) is 11.3 Å². The Morgan fingerprint density at radius 3 is 2.80 bits per heavy atom. The van der Waals surface area contributed by atoms with Crippen molar-refractivity contribution in [1.29, 1.82) is 0 Å². The van der Waals surface area contributed by atoms with Crippen molar-refractivity contribution in [3.8, 4) is 0 Å². The second kappa shape index (κ2) is 6.68. The molecule has 1 amide bonds. The lowest BCUT2D eigenvalue weighted by atomic mass is 9.98. The fourth-order valence-corrected chi connectivity index (χ4v) is 3.47. The number of nitrogens with zero attached hydrogens (tertiary/aromatic N) is 1. The fourth-order valence-electron chi connectivity index (χ4n) is 2.60. The molecule has 0 radical (unpaired) electrons. The maximum atomic E-state index is 11.8. The Morgan fingerprint density at radius 2 is 2.20 bits per heavy atom. The minimum absolute atomic E-state index is 0.0475. The summed E-state index contributed by atoms with van der Waals surface area (Å²) in [6, 6.07) is 0. The Labute approximate surface area is 124 Å². The zero-order valence-corrected chi connectivity index (χ0v) is 13.1. The molecule has 1 aliphatic rings. The Hall–Kier alpha value is -0.940. The quantitative estimate of drug-likeness (QED) is 0.848. The van der Waals surface area contributed by atoms with Crippen molar-refractivity contribution in [3.05, 3.63) is 16.1 Å². The molecule has 1 fully saturated rings. The minimum atomic E-state index is -0.754. The predicted molar refractivity (Wildman–Crippen MR) is 81.0 cm³/mol. The highest BCUT2D eigenvalue weighted by molar-refractivity contribution is 7.09. The third kappa shape index (κ3) is 4.28. The number of aromatic nitrogens is 1. The summed E-state index contributed by atoms with van der Waals surface area (Å²) in [5.41, 5.74) is 0.286. The van der Waals surface area contributed by atoms with E-state index in [-0.39, 0.29) is 12.3 Å². The van der Waals surface area contributed by atoms with Crippen LogP contribution in [-0.4, -0.2) is 28.1 Å². The fraction of sp³-hybridized carbons (Fsp3) is 0.733. The number of hydrogen-bond acceptors (Lipinski definition) is 4. The van der Waals surface area contributed by atoms with Crippen molar-refractivity contribution < 1.29 is 9.90 Å². The molecule has 0 atom stereocenters. The first-order chi connectivity index (χ1) is 9.48. The van der Waals surface area contributed by atoms with E-state index < -0.39 is 5.60 Å². The van der Waals surface area contributed by atoms with Gasteiger partial charge >= 0.3 is 0 Å². The van der Waals surface area contributed by atoms with Crippen LogP contribution in [0.4, 0.5) is 0 Å². The van der Waals surface area contributed by atoms with Crippen LogP contribution in [0.1, 0.15) is 62.6 Å². The molecule has 0 aliphatic heterocycles. The number of aliphatic hydroxyl groups is 1. The SMILES string of the molecule is CC(C)c1nc(CCNC(=O)CC2(O)CCCC2)cs1. The van der Waals surface area contributed by atoms with Crippen LogP contribution in [-0.2, 0) is 11.2 Å². The molecule has 0 saturated heterocycles. The molecule has 1 aromatic rings. The van der Waals surface area contributed by atoms with Crippen LogP contribution in [0.25, 0.3) is 0 Å². The monoisotopic (exact) mass is 296 g/mol. The molecule has 0 unspecified atom stereocenters. The highest BCUT2D eigenvalue weighted by Crippen LogP contribution is 2.32. The summed E-state index contributed by atoms with van der Waals surface area (Å²) in [6.45, 7) is 4.86. The Kier molecular flexibility index (Phi) is 5.16. The molecule has 20 heavy (non-hydrogen) atoms. The van der Waals surface area contributed by atoms with Gasteiger partial charge in [0.15, 0.2) is 0 Å². The van der Waals surface area contributed by atoms with Gasteiger partial charge in [0.1, 0.15) is 0 Å². The zero-order valence-electron chi connectivity index (χ0n) is 12.3. The number of hydrogen-bond donors (Lipinski definition) is 2. The van der Waals surface area contributed by atoms with Gasteiger partial charge in [-0.3, -0.25) is 4.79 Å². The third-order valence-corrected chi connectivity index (χ3v) is 4.98. The maximum absolute atomic E-state index is 11.8. The summed E-state index contributed by atoms with van der Waals surface area (Å²) in [4.78, 5) is 16.4. The largest absolute Gasteiger partial charge is 0.389 e. The lowest BCUT2D eigenvalue weighted by Gasteiger charge is -2.20. The van der Waals surface area contributed by atoms with Gasteiger partial charge in [0, 0.05) is 24.3 Å². The molecule has 1 aromatic heterocycles. The van der Waals surface area contributed by atoms with Gasteiger partial charge in [-0.2, -0.15) is 0 Å². The second-order valence-corrected chi connectivity index (χ2v) is 6.93. The van der Waals surface area contributed by atoms with E-state index in [4.69, 9.17) is 0 Å². The van der Waals surface area contributed by atoms with Crippen molar-refractivity contribution in [2.45, 2.75) is 63.9 Å². The molecule has 0 aromatic carbocycles.